The molecule has 6 heteroatoms. The van der Waals surface area contributed by atoms with E-state index in [2.05, 4.69) is 124 Å². The Morgan fingerprint density at radius 1 is 0.296 bits per heavy atom. The molecule has 1 unspecified atom stereocenters. The van der Waals surface area contributed by atoms with E-state index in [4.69, 9.17) is 14.2 Å². The number of allylic oxidation sites excluding steroid dienone is 22. The Morgan fingerprint density at radius 2 is 0.606 bits per heavy atom. The van der Waals surface area contributed by atoms with E-state index in [9.17, 15) is 14.4 Å². The number of carbonyl (C=O) groups is 3. The fourth-order valence-electron chi connectivity index (χ4n) is 7.43. The maximum absolute atomic E-state index is 12.9. The van der Waals surface area contributed by atoms with Crippen LogP contribution in [0.2, 0.25) is 0 Å². The predicted molar refractivity (Wildman–Crippen MR) is 306 cm³/mol. The number of ether oxygens (including phenoxy) is 3. The van der Waals surface area contributed by atoms with E-state index in [0.717, 1.165) is 109 Å². The van der Waals surface area contributed by atoms with Crippen LogP contribution in [0.3, 0.4) is 0 Å². The molecule has 0 saturated heterocycles. The van der Waals surface area contributed by atoms with Gasteiger partial charge in [0.05, 0.1) is 0 Å². The van der Waals surface area contributed by atoms with E-state index in [0.29, 0.717) is 12.8 Å². The largest absolute Gasteiger partial charge is 0.462 e. The first-order valence-electron chi connectivity index (χ1n) is 28.8. The minimum Gasteiger partial charge on any atom is -0.462 e. The maximum atomic E-state index is 12.9. The number of esters is 3. The van der Waals surface area contributed by atoms with Crippen LogP contribution in [0.25, 0.3) is 0 Å². The molecule has 400 valence electrons. The van der Waals surface area contributed by atoms with Gasteiger partial charge in [0.15, 0.2) is 6.10 Å². The summed E-state index contributed by atoms with van der Waals surface area (Å²) >= 11 is 0. The summed E-state index contributed by atoms with van der Waals surface area (Å²) in [4.78, 5) is 38.2. The maximum Gasteiger partial charge on any atom is 0.306 e. The summed E-state index contributed by atoms with van der Waals surface area (Å²) in [5.74, 6) is -1.02. The third-order valence-corrected chi connectivity index (χ3v) is 11.8. The van der Waals surface area contributed by atoms with Crippen LogP contribution in [-0.2, 0) is 28.6 Å². The van der Waals surface area contributed by atoms with Gasteiger partial charge in [-0.15, -0.1) is 0 Å². The first kappa shape index (κ1) is 66.6. The molecular weight excluding hydrogens is 877 g/mol. The van der Waals surface area contributed by atoms with Gasteiger partial charge in [0.25, 0.3) is 0 Å². The zero-order chi connectivity index (χ0) is 51.4. The topological polar surface area (TPSA) is 78.9 Å². The fraction of sp³-hybridized carbons (Fsp3) is 0.615. The second kappa shape index (κ2) is 58.1. The van der Waals surface area contributed by atoms with Crippen LogP contribution in [0.1, 0.15) is 239 Å². The quantitative estimate of drug-likeness (QED) is 0.0199. The highest BCUT2D eigenvalue weighted by Gasteiger charge is 2.19. The van der Waals surface area contributed by atoms with Crippen molar-refractivity contribution in [3.8, 4) is 0 Å². The molecule has 0 fully saturated rings. The van der Waals surface area contributed by atoms with Gasteiger partial charge in [-0.2, -0.15) is 0 Å². The van der Waals surface area contributed by atoms with Crippen molar-refractivity contribution in [2.75, 3.05) is 13.2 Å². The lowest BCUT2D eigenvalue weighted by Crippen LogP contribution is -2.30. The van der Waals surface area contributed by atoms with Crippen molar-refractivity contribution in [3.05, 3.63) is 134 Å². The van der Waals surface area contributed by atoms with Crippen LogP contribution < -0.4 is 0 Å². The van der Waals surface area contributed by atoms with Crippen molar-refractivity contribution in [1.82, 2.24) is 0 Å². The molecule has 0 rings (SSSR count). The van der Waals surface area contributed by atoms with E-state index in [-0.39, 0.29) is 44.0 Å². The summed E-state index contributed by atoms with van der Waals surface area (Å²) in [5, 5.41) is 0. The zero-order valence-electron chi connectivity index (χ0n) is 45.7. The summed E-state index contributed by atoms with van der Waals surface area (Å²) < 4.78 is 16.8. The van der Waals surface area contributed by atoms with Crippen LogP contribution >= 0.6 is 0 Å². The molecule has 6 nitrogen and oxygen atoms in total. The van der Waals surface area contributed by atoms with Gasteiger partial charge in [-0.1, -0.05) is 257 Å². The van der Waals surface area contributed by atoms with E-state index in [1.54, 1.807) is 0 Å². The molecule has 0 amide bonds. The number of rotatable bonds is 50. The van der Waals surface area contributed by atoms with Gasteiger partial charge in [0.1, 0.15) is 13.2 Å². The average molecular weight is 982 g/mol. The summed E-state index contributed by atoms with van der Waals surface area (Å²) in [6.45, 7) is 6.44. The summed E-state index contributed by atoms with van der Waals surface area (Å²) in [7, 11) is 0. The van der Waals surface area contributed by atoms with Crippen molar-refractivity contribution in [1.29, 1.82) is 0 Å². The average Bonchev–Trinajstić information content (AvgIpc) is 3.37. The lowest BCUT2D eigenvalue weighted by molar-refractivity contribution is -0.167. The van der Waals surface area contributed by atoms with Crippen molar-refractivity contribution in [2.24, 2.45) is 0 Å². The van der Waals surface area contributed by atoms with Crippen LogP contribution in [0.4, 0.5) is 0 Å². The third kappa shape index (κ3) is 56.3. The lowest BCUT2D eigenvalue weighted by atomic mass is 10.1. The van der Waals surface area contributed by atoms with Gasteiger partial charge < -0.3 is 14.2 Å². The van der Waals surface area contributed by atoms with Gasteiger partial charge in [0, 0.05) is 19.3 Å². The number of unbranched alkanes of at least 4 members (excludes halogenated alkanes) is 23. The molecule has 0 aliphatic heterocycles. The van der Waals surface area contributed by atoms with Crippen molar-refractivity contribution in [3.63, 3.8) is 0 Å². The Morgan fingerprint density at radius 3 is 1.03 bits per heavy atom. The third-order valence-electron chi connectivity index (χ3n) is 11.8. The van der Waals surface area contributed by atoms with Crippen LogP contribution in [-0.4, -0.2) is 37.2 Å². The molecule has 0 saturated carbocycles. The molecule has 0 aliphatic rings. The van der Waals surface area contributed by atoms with Gasteiger partial charge in [-0.3, -0.25) is 14.4 Å². The molecule has 0 N–H and O–H groups in total. The minimum absolute atomic E-state index is 0.120. The second-order valence-electron chi connectivity index (χ2n) is 18.7. The van der Waals surface area contributed by atoms with Crippen molar-refractivity contribution in [2.45, 2.75) is 245 Å². The van der Waals surface area contributed by atoms with Gasteiger partial charge in [-0.25, -0.2) is 0 Å². The first-order valence-corrected chi connectivity index (χ1v) is 28.8. The smallest absolute Gasteiger partial charge is 0.306 e. The molecular formula is C65H104O6. The molecule has 0 aliphatic carbocycles. The highest BCUT2D eigenvalue weighted by Crippen LogP contribution is 2.13. The summed E-state index contributed by atoms with van der Waals surface area (Å²) in [5.41, 5.74) is 0. The van der Waals surface area contributed by atoms with Crippen molar-refractivity contribution >= 4 is 17.9 Å². The molecule has 0 aromatic carbocycles. The molecule has 71 heavy (non-hydrogen) atoms. The highest BCUT2D eigenvalue weighted by atomic mass is 16.6. The van der Waals surface area contributed by atoms with Gasteiger partial charge >= 0.3 is 17.9 Å². The molecule has 1 atom stereocenters. The first-order chi connectivity index (χ1) is 35.0. The highest BCUT2D eigenvalue weighted by molar-refractivity contribution is 5.71. The van der Waals surface area contributed by atoms with Crippen LogP contribution in [0.15, 0.2) is 134 Å². The standard InChI is InChI=1S/C65H104O6/c1-4-7-10-13-16-19-22-25-28-31-34-37-40-43-46-49-52-55-58-64(67)70-61-62(60-69-63(66)57-54-51-48-45-42-39-36-33-30-27-24-21-18-15-12-9-6-3)71-65(68)59-56-53-50-47-44-41-38-35-32-29-26-23-20-17-14-11-8-5-2/h10,13,16,19,22-23,25-32,34-39,45,48,62H,4-9,11-12,14-15,17-18,20-21,24,33,40-44,46-47,49-61H2,1-3H3/b13-10-,19-16-,25-22-,26-23-,30-27-,31-28-,32-29-,37-34-,38-35-,39-36-,48-45-. The predicted octanol–water partition coefficient (Wildman–Crippen LogP) is 19.4. The molecule has 0 aromatic heterocycles. The molecule has 0 bridgehead atoms. The number of hydrogen-bond donors (Lipinski definition) is 0. The SMILES string of the molecule is CCC\C=C/C=C\C=C/C=C\C=C/CCCCCCCC(=O)OCC(COC(=O)CCC/C=C\C/C=C\C/C=C\CCCCCCCC)OC(=O)CCCCCCC\C=C/C=C\C=C/CCCCCCC. The van der Waals surface area contributed by atoms with E-state index >= 15 is 0 Å². The minimum atomic E-state index is -0.826. The Balaban J connectivity index is 4.59. The summed E-state index contributed by atoms with van der Waals surface area (Å²) in [6, 6.07) is 0. The number of hydrogen-bond acceptors (Lipinski definition) is 6. The molecule has 0 radical (unpaired) electrons. The Bertz CT molecular complexity index is 1550. The van der Waals surface area contributed by atoms with Crippen LogP contribution in [0, 0.1) is 0 Å². The van der Waals surface area contributed by atoms with Crippen molar-refractivity contribution < 1.29 is 28.6 Å². The molecule has 0 spiro atoms. The summed E-state index contributed by atoms with van der Waals surface area (Å²) in [6.07, 6.45) is 81.5. The zero-order valence-corrected chi connectivity index (χ0v) is 45.7. The second-order valence-corrected chi connectivity index (χ2v) is 18.7. The number of carbonyl (C=O) groups excluding carboxylic acids is 3. The van der Waals surface area contributed by atoms with E-state index in [1.807, 2.05) is 30.4 Å². The molecule has 0 heterocycles. The van der Waals surface area contributed by atoms with E-state index < -0.39 is 6.10 Å². The Hall–Kier alpha value is -4.45. The van der Waals surface area contributed by atoms with Gasteiger partial charge in [-0.05, 0) is 96.3 Å². The Kier molecular flexibility index (Phi) is 54.5. The van der Waals surface area contributed by atoms with E-state index in [1.165, 1.54) is 83.5 Å². The molecule has 0 aromatic rings. The lowest BCUT2D eigenvalue weighted by Gasteiger charge is -2.18. The normalized spacial score (nSPS) is 13.1. The monoisotopic (exact) mass is 981 g/mol. The van der Waals surface area contributed by atoms with Gasteiger partial charge in [0.2, 0.25) is 0 Å². The Labute approximate surface area is 436 Å². The van der Waals surface area contributed by atoms with Crippen LogP contribution in [0.5, 0.6) is 0 Å². The fourth-order valence-corrected chi connectivity index (χ4v) is 7.43.